The number of thiophene rings is 1. The summed E-state index contributed by atoms with van der Waals surface area (Å²) in [5.41, 5.74) is -0.764. The second-order valence-electron chi connectivity index (χ2n) is 3.72. The fourth-order valence-corrected chi connectivity index (χ4v) is 3.28. The molecular formula is C11H6N2O6S2. The van der Waals surface area contributed by atoms with Crippen LogP contribution in [0.1, 0.15) is 9.67 Å². The summed E-state index contributed by atoms with van der Waals surface area (Å²) in [4.78, 5) is 31.8. The first-order valence-corrected chi connectivity index (χ1v) is 7.00. The zero-order valence-electron chi connectivity index (χ0n) is 10.1. The highest BCUT2D eigenvalue weighted by Crippen LogP contribution is 2.38. The Balaban J connectivity index is 2.36. The molecule has 8 nitrogen and oxygen atoms in total. The van der Waals surface area contributed by atoms with Gasteiger partial charge in [0, 0.05) is 16.3 Å². The summed E-state index contributed by atoms with van der Waals surface area (Å²) < 4.78 is 0. The largest absolute Gasteiger partial charge is 0.477 e. The van der Waals surface area contributed by atoms with Gasteiger partial charge < -0.3 is 5.11 Å². The van der Waals surface area contributed by atoms with Crippen molar-refractivity contribution in [1.82, 2.24) is 0 Å². The summed E-state index contributed by atoms with van der Waals surface area (Å²) in [6.45, 7) is 0. The molecule has 0 aliphatic rings. The van der Waals surface area contributed by atoms with Crippen LogP contribution >= 0.6 is 23.1 Å². The van der Waals surface area contributed by atoms with Gasteiger partial charge in [0.2, 0.25) is 0 Å². The average Bonchev–Trinajstić information content (AvgIpc) is 2.87. The van der Waals surface area contributed by atoms with Crippen molar-refractivity contribution in [2.75, 3.05) is 0 Å². The summed E-state index contributed by atoms with van der Waals surface area (Å²) >= 11 is 1.98. The van der Waals surface area contributed by atoms with E-state index >= 15 is 0 Å². The van der Waals surface area contributed by atoms with Crippen LogP contribution in [0.2, 0.25) is 0 Å². The number of nitro groups is 2. The first-order chi connectivity index (χ1) is 9.88. The Morgan fingerprint density at radius 3 is 2.43 bits per heavy atom. The number of non-ortho nitro benzene ring substituents is 1. The number of hydrogen-bond acceptors (Lipinski definition) is 7. The number of benzene rings is 1. The Kier molecular flexibility index (Phi) is 4.19. The standard InChI is InChI=1S/C11H6N2O6S2/c14-11(15)10-4-7(5-20-10)21-9-2-1-6(12(16)17)3-8(9)13(18)19/h1-5H,(H,14,15). The Bertz CT molecular complexity index is 742. The number of aromatic carboxylic acids is 1. The predicted molar refractivity (Wildman–Crippen MR) is 75.2 cm³/mol. The van der Waals surface area contributed by atoms with E-state index in [1.54, 1.807) is 5.38 Å². The predicted octanol–water partition coefficient (Wildman–Crippen LogP) is 3.41. The Labute approximate surface area is 125 Å². The Morgan fingerprint density at radius 2 is 1.90 bits per heavy atom. The highest BCUT2D eigenvalue weighted by molar-refractivity contribution is 7.99. The Hall–Kier alpha value is -2.46. The molecule has 0 saturated heterocycles. The molecule has 0 spiro atoms. The van der Waals surface area contributed by atoms with Gasteiger partial charge in [0.05, 0.1) is 20.8 Å². The molecule has 108 valence electrons. The first-order valence-electron chi connectivity index (χ1n) is 5.31. The minimum atomic E-state index is -1.08. The number of carbonyl (C=O) groups is 1. The molecule has 0 radical (unpaired) electrons. The molecule has 0 saturated carbocycles. The van der Waals surface area contributed by atoms with Crippen molar-refractivity contribution in [1.29, 1.82) is 0 Å². The number of hydrogen-bond donors (Lipinski definition) is 1. The molecule has 1 heterocycles. The molecule has 10 heteroatoms. The number of nitrogens with zero attached hydrogens (tertiary/aromatic N) is 2. The van der Waals surface area contributed by atoms with Gasteiger partial charge in [0.25, 0.3) is 11.4 Å². The topological polar surface area (TPSA) is 124 Å². The van der Waals surface area contributed by atoms with Crippen LogP contribution in [0.4, 0.5) is 11.4 Å². The van der Waals surface area contributed by atoms with Gasteiger partial charge in [0.15, 0.2) is 0 Å². The lowest BCUT2D eigenvalue weighted by Crippen LogP contribution is -1.94. The van der Waals surface area contributed by atoms with Crippen LogP contribution in [0.15, 0.2) is 39.4 Å². The number of carboxylic acid groups (broad SMARTS) is 1. The van der Waals surface area contributed by atoms with Crippen LogP contribution in [-0.2, 0) is 0 Å². The van der Waals surface area contributed by atoms with Crippen LogP contribution in [-0.4, -0.2) is 20.9 Å². The SMILES string of the molecule is O=C(O)c1cc(Sc2ccc([N+](=O)[O-])cc2[N+](=O)[O-])cs1. The van der Waals surface area contributed by atoms with Crippen LogP contribution in [0.25, 0.3) is 0 Å². The Morgan fingerprint density at radius 1 is 1.19 bits per heavy atom. The molecule has 21 heavy (non-hydrogen) atoms. The van der Waals surface area contributed by atoms with Gasteiger partial charge in [0.1, 0.15) is 4.88 Å². The minimum absolute atomic E-state index is 0.113. The van der Waals surface area contributed by atoms with E-state index in [-0.39, 0.29) is 15.5 Å². The summed E-state index contributed by atoms with van der Waals surface area (Å²) in [6, 6.07) is 4.72. The fraction of sp³-hybridized carbons (Fsp3) is 0. The van der Waals surface area contributed by atoms with E-state index < -0.39 is 21.5 Å². The molecule has 0 bridgehead atoms. The van der Waals surface area contributed by atoms with Crippen molar-refractivity contribution in [3.63, 3.8) is 0 Å². The van der Waals surface area contributed by atoms with E-state index in [0.717, 1.165) is 29.2 Å². The van der Waals surface area contributed by atoms with Crippen LogP contribution in [0, 0.1) is 20.2 Å². The zero-order valence-corrected chi connectivity index (χ0v) is 11.7. The van der Waals surface area contributed by atoms with E-state index in [4.69, 9.17) is 5.11 Å². The maximum Gasteiger partial charge on any atom is 0.345 e. The van der Waals surface area contributed by atoms with E-state index in [9.17, 15) is 25.0 Å². The molecule has 0 fully saturated rings. The molecule has 0 amide bonds. The van der Waals surface area contributed by atoms with E-state index in [0.29, 0.717) is 4.90 Å². The van der Waals surface area contributed by atoms with Gasteiger partial charge in [-0.25, -0.2) is 4.79 Å². The van der Waals surface area contributed by atoms with Crippen LogP contribution < -0.4 is 0 Å². The molecule has 0 aliphatic carbocycles. The summed E-state index contributed by atoms with van der Waals surface area (Å²) in [6.07, 6.45) is 0. The monoisotopic (exact) mass is 326 g/mol. The van der Waals surface area contributed by atoms with E-state index in [2.05, 4.69) is 0 Å². The second-order valence-corrected chi connectivity index (χ2v) is 5.75. The summed E-state index contributed by atoms with van der Waals surface area (Å²) in [5.74, 6) is -1.08. The molecule has 0 unspecified atom stereocenters. The lowest BCUT2D eigenvalue weighted by molar-refractivity contribution is -0.396. The van der Waals surface area contributed by atoms with Gasteiger partial charge in [-0.3, -0.25) is 20.2 Å². The zero-order chi connectivity index (χ0) is 15.6. The third kappa shape index (κ3) is 3.35. The molecule has 1 N–H and O–H groups in total. The van der Waals surface area contributed by atoms with Crippen LogP contribution in [0.5, 0.6) is 0 Å². The van der Waals surface area contributed by atoms with Gasteiger partial charge in [-0.05, 0) is 12.1 Å². The van der Waals surface area contributed by atoms with Gasteiger partial charge >= 0.3 is 5.97 Å². The van der Waals surface area contributed by atoms with Crippen molar-refractivity contribution < 1.29 is 19.7 Å². The maximum atomic E-state index is 11.0. The summed E-state index contributed by atoms with van der Waals surface area (Å²) in [5, 5.41) is 32.0. The maximum absolute atomic E-state index is 11.0. The lowest BCUT2D eigenvalue weighted by Gasteiger charge is -2.01. The minimum Gasteiger partial charge on any atom is -0.477 e. The van der Waals surface area contributed by atoms with Crippen molar-refractivity contribution in [3.8, 4) is 0 Å². The average molecular weight is 326 g/mol. The second kappa shape index (κ2) is 5.89. The van der Waals surface area contributed by atoms with Crippen molar-refractivity contribution in [3.05, 3.63) is 54.8 Å². The molecule has 0 atom stereocenters. The van der Waals surface area contributed by atoms with Gasteiger partial charge in [-0.2, -0.15) is 0 Å². The van der Waals surface area contributed by atoms with Crippen molar-refractivity contribution in [2.24, 2.45) is 0 Å². The molecule has 1 aromatic heterocycles. The van der Waals surface area contributed by atoms with Crippen LogP contribution in [0.3, 0.4) is 0 Å². The quantitative estimate of drug-likeness (QED) is 0.659. The van der Waals surface area contributed by atoms with Crippen molar-refractivity contribution >= 4 is 40.4 Å². The first kappa shape index (κ1) is 14.9. The molecular weight excluding hydrogens is 320 g/mol. The number of rotatable bonds is 5. The third-order valence-electron chi connectivity index (χ3n) is 2.36. The van der Waals surface area contributed by atoms with Gasteiger partial charge in [-0.1, -0.05) is 11.8 Å². The molecule has 1 aromatic carbocycles. The molecule has 0 aliphatic heterocycles. The highest BCUT2D eigenvalue weighted by Gasteiger charge is 2.20. The van der Waals surface area contributed by atoms with Crippen molar-refractivity contribution in [2.45, 2.75) is 9.79 Å². The van der Waals surface area contributed by atoms with E-state index in [1.165, 1.54) is 18.2 Å². The number of carboxylic acids is 1. The van der Waals surface area contributed by atoms with Gasteiger partial charge in [-0.15, -0.1) is 11.3 Å². The third-order valence-corrected chi connectivity index (χ3v) is 4.47. The fourth-order valence-electron chi connectivity index (χ4n) is 1.46. The summed E-state index contributed by atoms with van der Waals surface area (Å²) in [7, 11) is 0. The molecule has 2 aromatic rings. The molecule has 2 rings (SSSR count). The highest BCUT2D eigenvalue weighted by atomic mass is 32.2. The smallest absolute Gasteiger partial charge is 0.345 e. The normalized spacial score (nSPS) is 10.3. The number of nitro benzene ring substituents is 2. The van der Waals surface area contributed by atoms with E-state index in [1.807, 2.05) is 0 Å². The lowest BCUT2D eigenvalue weighted by atomic mass is 10.3.